The summed E-state index contributed by atoms with van der Waals surface area (Å²) in [5, 5.41) is 2.92. The molecule has 1 fully saturated rings. The molecule has 2 heterocycles. The smallest absolute Gasteiger partial charge is 0.302 e. The lowest BCUT2D eigenvalue weighted by molar-refractivity contribution is -0.147. The zero-order chi connectivity index (χ0) is 24.3. The zero-order valence-electron chi connectivity index (χ0n) is 20.2. The molecule has 2 aromatic rings. The van der Waals surface area contributed by atoms with Gasteiger partial charge in [-0.2, -0.15) is 0 Å². The van der Waals surface area contributed by atoms with Crippen LogP contribution in [0.5, 0.6) is 0 Å². The Bertz CT molecular complexity index is 1020. The van der Waals surface area contributed by atoms with Gasteiger partial charge < -0.3 is 20.7 Å². The Hall–Kier alpha value is -2.49. The summed E-state index contributed by atoms with van der Waals surface area (Å²) in [7, 11) is 0. The first-order chi connectivity index (χ1) is 15.5. The molecule has 10 heteroatoms. The Morgan fingerprint density at radius 1 is 1.26 bits per heavy atom. The van der Waals surface area contributed by atoms with Crippen LogP contribution in [0.2, 0.25) is 0 Å². The van der Waals surface area contributed by atoms with Crippen molar-refractivity contribution in [2.75, 3.05) is 6.54 Å². The number of amides is 2. The number of aryl methyl sites for hydroxylation is 1. The number of halogens is 1. The molecule has 3 N–H and O–H groups in total. The predicted molar refractivity (Wildman–Crippen MR) is 134 cm³/mol. The van der Waals surface area contributed by atoms with Crippen LogP contribution in [0, 0.1) is 12.3 Å². The van der Waals surface area contributed by atoms with Crippen LogP contribution < -0.4 is 11.1 Å². The summed E-state index contributed by atoms with van der Waals surface area (Å²) in [4.78, 5) is 44.4. The monoisotopic (exact) mass is 508 g/mol. The molecule has 3 rings (SSSR count). The highest BCUT2D eigenvalue weighted by atomic mass is 35.5. The molecule has 2 amide bonds. The van der Waals surface area contributed by atoms with E-state index in [-0.39, 0.29) is 37.2 Å². The van der Waals surface area contributed by atoms with Crippen molar-refractivity contribution in [1.82, 2.24) is 15.2 Å². The van der Waals surface area contributed by atoms with Crippen LogP contribution in [0.15, 0.2) is 29.8 Å². The molecule has 3 atom stereocenters. The lowest BCUT2D eigenvalue weighted by atomic mass is 9.86. The number of benzene rings is 1. The van der Waals surface area contributed by atoms with E-state index < -0.39 is 29.6 Å². The van der Waals surface area contributed by atoms with Crippen molar-refractivity contribution in [2.45, 2.75) is 65.8 Å². The summed E-state index contributed by atoms with van der Waals surface area (Å²) in [6.07, 6.45) is -0.284. The molecule has 34 heavy (non-hydrogen) atoms. The van der Waals surface area contributed by atoms with Crippen LogP contribution in [0.25, 0.3) is 10.4 Å². The van der Waals surface area contributed by atoms with Crippen LogP contribution >= 0.6 is 23.7 Å². The van der Waals surface area contributed by atoms with E-state index >= 15 is 0 Å². The predicted octanol–water partition coefficient (Wildman–Crippen LogP) is 3.06. The number of thiazole rings is 1. The number of likely N-dealkylation sites (tertiary alicyclic amines) is 1. The minimum absolute atomic E-state index is 0. The number of aromatic nitrogens is 1. The number of nitrogens with one attached hydrogen (secondary N) is 1. The highest BCUT2D eigenvalue weighted by molar-refractivity contribution is 7.13. The maximum absolute atomic E-state index is 13.1. The normalized spacial score (nSPS) is 18.7. The molecule has 1 saturated heterocycles. The first kappa shape index (κ1) is 27.8. The van der Waals surface area contributed by atoms with Gasteiger partial charge >= 0.3 is 5.97 Å². The second-order valence-corrected chi connectivity index (χ2v) is 10.4. The number of esters is 1. The second kappa shape index (κ2) is 11.3. The van der Waals surface area contributed by atoms with Gasteiger partial charge in [-0.25, -0.2) is 4.98 Å². The number of hydrogen-bond acceptors (Lipinski definition) is 7. The molecule has 1 aromatic carbocycles. The standard InChI is InChI=1S/C24H32N4O4S.ClH/c1-14-20(33-13-27-14)17-8-6-16(7-9-17)11-26-22(30)19-10-18(32-15(2)29)12-28(19)23(31)21(25)24(3,4)5;/h6-9,13,18-19,21H,10-12,25H2,1-5H3,(H,26,30);1H/t18-,19+,21-;/m1./s1. The van der Waals surface area contributed by atoms with Gasteiger partial charge in [0.15, 0.2) is 0 Å². The van der Waals surface area contributed by atoms with E-state index in [1.807, 2.05) is 57.5 Å². The summed E-state index contributed by atoms with van der Waals surface area (Å²) in [6.45, 7) is 9.40. The van der Waals surface area contributed by atoms with Crippen molar-refractivity contribution in [1.29, 1.82) is 0 Å². The van der Waals surface area contributed by atoms with E-state index in [1.165, 1.54) is 11.8 Å². The van der Waals surface area contributed by atoms with Crippen molar-refractivity contribution in [2.24, 2.45) is 11.1 Å². The van der Waals surface area contributed by atoms with Gasteiger partial charge in [-0.05, 0) is 23.5 Å². The van der Waals surface area contributed by atoms with Gasteiger partial charge in [0.2, 0.25) is 11.8 Å². The van der Waals surface area contributed by atoms with E-state index in [2.05, 4.69) is 10.3 Å². The fourth-order valence-corrected chi connectivity index (χ4v) is 4.63. The molecule has 8 nitrogen and oxygen atoms in total. The van der Waals surface area contributed by atoms with Crippen LogP contribution in [0.3, 0.4) is 0 Å². The van der Waals surface area contributed by atoms with Crippen molar-refractivity contribution in [3.05, 3.63) is 41.0 Å². The Balaban J connectivity index is 0.00000408. The molecule has 186 valence electrons. The van der Waals surface area contributed by atoms with Gasteiger partial charge in [0.05, 0.1) is 28.7 Å². The van der Waals surface area contributed by atoms with Gasteiger partial charge in [-0.1, -0.05) is 45.0 Å². The van der Waals surface area contributed by atoms with Gasteiger partial charge in [0, 0.05) is 19.9 Å². The summed E-state index contributed by atoms with van der Waals surface area (Å²) in [5.74, 6) is -1.05. The third-order valence-electron chi connectivity index (χ3n) is 5.81. The lowest BCUT2D eigenvalue weighted by Crippen LogP contribution is -2.54. The summed E-state index contributed by atoms with van der Waals surface area (Å²) >= 11 is 1.59. The third-order valence-corrected chi connectivity index (χ3v) is 6.79. The fraction of sp³-hybridized carbons (Fsp3) is 0.500. The molecule has 0 aliphatic carbocycles. The van der Waals surface area contributed by atoms with Crippen LogP contribution in [0.4, 0.5) is 0 Å². The third kappa shape index (κ3) is 6.55. The summed E-state index contributed by atoms with van der Waals surface area (Å²) in [6, 6.07) is 6.42. The van der Waals surface area contributed by atoms with E-state index in [9.17, 15) is 14.4 Å². The lowest BCUT2D eigenvalue weighted by Gasteiger charge is -2.32. The van der Waals surface area contributed by atoms with Crippen molar-refractivity contribution < 1.29 is 19.1 Å². The Morgan fingerprint density at radius 3 is 2.44 bits per heavy atom. The molecule has 0 bridgehead atoms. The number of ether oxygens (including phenoxy) is 1. The van der Waals surface area contributed by atoms with Gasteiger partial charge in [0.1, 0.15) is 12.1 Å². The second-order valence-electron chi connectivity index (χ2n) is 9.50. The van der Waals surface area contributed by atoms with Crippen LogP contribution in [0.1, 0.15) is 45.4 Å². The van der Waals surface area contributed by atoms with Crippen molar-refractivity contribution in [3.8, 4) is 10.4 Å². The number of hydrogen-bond donors (Lipinski definition) is 2. The number of carbonyl (C=O) groups is 3. The number of nitrogens with zero attached hydrogens (tertiary/aromatic N) is 2. The van der Waals surface area contributed by atoms with Crippen LogP contribution in [-0.4, -0.2) is 52.4 Å². The molecule has 1 aromatic heterocycles. The van der Waals surface area contributed by atoms with Gasteiger partial charge in [-0.15, -0.1) is 23.7 Å². The molecular formula is C24H33ClN4O4S. The fourth-order valence-electron chi connectivity index (χ4n) is 3.82. The molecule has 1 aliphatic heterocycles. The number of nitrogens with two attached hydrogens (primary N) is 1. The Labute approximate surface area is 210 Å². The minimum Gasteiger partial charge on any atom is -0.461 e. The quantitative estimate of drug-likeness (QED) is 0.579. The van der Waals surface area contributed by atoms with Crippen LogP contribution in [-0.2, 0) is 25.7 Å². The minimum atomic E-state index is -0.772. The molecule has 0 saturated carbocycles. The van der Waals surface area contributed by atoms with E-state index in [1.54, 1.807) is 11.3 Å². The Kier molecular flexibility index (Phi) is 9.22. The van der Waals surface area contributed by atoms with E-state index in [0.717, 1.165) is 21.7 Å². The molecular weight excluding hydrogens is 476 g/mol. The van der Waals surface area contributed by atoms with Crippen molar-refractivity contribution >= 4 is 41.5 Å². The SMILES string of the molecule is CC(=O)O[C@@H]1C[C@@H](C(=O)NCc2ccc(-c3scnc3C)cc2)N(C(=O)[C@@H](N)C(C)(C)C)C1.Cl. The number of carbonyl (C=O) groups excluding carboxylic acids is 3. The van der Waals surface area contributed by atoms with Gasteiger partial charge in [0.25, 0.3) is 0 Å². The molecule has 0 radical (unpaired) electrons. The first-order valence-corrected chi connectivity index (χ1v) is 11.9. The maximum atomic E-state index is 13.1. The highest BCUT2D eigenvalue weighted by Gasteiger charge is 2.44. The zero-order valence-corrected chi connectivity index (χ0v) is 21.8. The Morgan fingerprint density at radius 2 is 1.91 bits per heavy atom. The largest absolute Gasteiger partial charge is 0.461 e. The summed E-state index contributed by atoms with van der Waals surface area (Å²) in [5.41, 5.74) is 10.5. The molecule has 1 aliphatic rings. The van der Waals surface area contributed by atoms with E-state index in [4.69, 9.17) is 10.5 Å². The average Bonchev–Trinajstić information content (AvgIpc) is 3.36. The van der Waals surface area contributed by atoms with Crippen molar-refractivity contribution in [3.63, 3.8) is 0 Å². The maximum Gasteiger partial charge on any atom is 0.302 e. The van der Waals surface area contributed by atoms with Gasteiger partial charge in [-0.3, -0.25) is 14.4 Å². The summed E-state index contributed by atoms with van der Waals surface area (Å²) < 4.78 is 5.30. The average molecular weight is 509 g/mol. The van der Waals surface area contributed by atoms with E-state index in [0.29, 0.717) is 6.54 Å². The highest BCUT2D eigenvalue weighted by Crippen LogP contribution is 2.28. The molecule has 0 spiro atoms. The number of rotatable bonds is 6. The topological polar surface area (TPSA) is 115 Å². The first-order valence-electron chi connectivity index (χ1n) is 11.0. The molecule has 0 unspecified atom stereocenters.